The molecule has 2 aromatic carbocycles. The topological polar surface area (TPSA) is 64.4 Å². The molecule has 0 atom stereocenters. The Hall–Kier alpha value is -3.41. The first-order valence-electron chi connectivity index (χ1n) is 9.27. The SMILES string of the molecule is O=C(OCC(=O)N1CCc2ccccc2C1)c1ccc(Cn2cccn2)cc1. The van der Waals surface area contributed by atoms with Gasteiger partial charge in [0.25, 0.3) is 5.91 Å². The molecule has 0 unspecified atom stereocenters. The highest BCUT2D eigenvalue weighted by Gasteiger charge is 2.21. The number of carbonyl (C=O) groups is 2. The molecule has 6 nitrogen and oxygen atoms in total. The van der Waals surface area contributed by atoms with Gasteiger partial charge in [-0.2, -0.15) is 5.10 Å². The minimum Gasteiger partial charge on any atom is -0.452 e. The Balaban J connectivity index is 1.30. The number of ether oxygens (including phenoxy) is 1. The number of nitrogens with zero attached hydrogens (tertiary/aromatic N) is 3. The molecule has 28 heavy (non-hydrogen) atoms. The van der Waals surface area contributed by atoms with Crippen molar-refractivity contribution in [3.63, 3.8) is 0 Å². The van der Waals surface area contributed by atoms with E-state index in [1.807, 2.05) is 47.3 Å². The first-order chi connectivity index (χ1) is 13.7. The van der Waals surface area contributed by atoms with Crippen molar-refractivity contribution in [3.05, 3.63) is 89.2 Å². The maximum Gasteiger partial charge on any atom is 0.338 e. The highest BCUT2D eigenvalue weighted by atomic mass is 16.5. The third-order valence-corrected chi connectivity index (χ3v) is 4.90. The zero-order chi connectivity index (χ0) is 19.3. The summed E-state index contributed by atoms with van der Waals surface area (Å²) in [5.41, 5.74) is 3.89. The quantitative estimate of drug-likeness (QED) is 0.643. The molecule has 0 fully saturated rings. The number of rotatable bonds is 5. The highest BCUT2D eigenvalue weighted by Crippen LogP contribution is 2.18. The summed E-state index contributed by atoms with van der Waals surface area (Å²) in [5, 5.41) is 4.16. The Morgan fingerprint density at radius 1 is 1.00 bits per heavy atom. The predicted molar refractivity (Wildman–Crippen MR) is 104 cm³/mol. The number of esters is 1. The number of hydrogen-bond acceptors (Lipinski definition) is 4. The lowest BCUT2D eigenvalue weighted by atomic mass is 10.00. The second kappa shape index (κ2) is 8.08. The minimum atomic E-state index is -0.489. The third-order valence-electron chi connectivity index (χ3n) is 4.90. The lowest BCUT2D eigenvalue weighted by Crippen LogP contribution is -2.38. The summed E-state index contributed by atoms with van der Waals surface area (Å²) < 4.78 is 7.04. The standard InChI is InChI=1S/C22H21N3O3/c26-21(24-13-10-18-4-1-2-5-20(18)15-24)16-28-22(27)19-8-6-17(7-9-19)14-25-12-3-11-23-25/h1-9,11-12H,10,13-16H2. The molecular formula is C22H21N3O3. The molecule has 0 saturated heterocycles. The zero-order valence-electron chi connectivity index (χ0n) is 15.5. The number of benzene rings is 2. The van der Waals surface area contributed by atoms with Crippen LogP contribution in [0.4, 0.5) is 0 Å². The summed E-state index contributed by atoms with van der Waals surface area (Å²) in [6.45, 7) is 1.61. The molecule has 4 rings (SSSR count). The van der Waals surface area contributed by atoms with Crippen LogP contribution in [0.5, 0.6) is 0 Å². The fraction of sp³-hybridized carbons (Fsp3) is 0.227. The Kier molecular flexibility index (Phi) is 5.19. The summed E-state index contributed by atoms with van der Waals surface area (Å²) in [7, 11) is 0. The molecule has 0 aliphatic carbocycles. The summed E-state index contributed by atoms with van der Waals surface area (Å²) in [6.07, 6.45) is 4.43. The van der Waals surface area contributed by atoms with Crippen LogP contribution in [0.2, 0.25) is 0 Å². The number of hydrogen-bond donors (Lipinski definition) is 0. The maximum atomic E-state index is 12.4. The second-order valence-corrected chi connectivity index (χ2v) is 6.81. The van der Waals surface area contributed by atoms with E-state index < -0.39 is 5.97 Å². The van der Waals surface area contributed by atoms with Gasteiger partial charge in [-0.1, -0.05) is 36.4 Å². The molecule has 6 heteroatoms. The minimum absolute atomic E-state index is 0.168. The first kappa shape index (κ1) is 18.0. The molecule has 0 N–H and O–H groups in total. The normalized spacial score (nSPS) is 13.1. The molecule has 0 spiro atoms. The van der Waals surface area contributed by atoms with E-state index in [0.717, 1.165) is 17.5 Å². The predicted octanol–water partition coefficient (Wildman–Crippen LogP) is 2.67. The molecular weight excluding hydrogens is 354 g/mol. The maximum absolute atomic E-state index is 12.4. The van der Waals surface area contributed by atoms with Crippen LogP contribution in [-0.2, 0) is 29.0 Å². The van der Waals surface area contributed by atoms with Crippen molar-refractivity contribution in [1.29, 1.82) is 0 Å². The Morgan fingerprint density at radius 2 is 1.79 bits per heavy atom. The molecule has 142 valence electrons. The number of carbonyl (C=O) groups excluding carboxylic acids is 2. The molecule has 1 amide bonds. The van der Waals surface area contributed by atoms with Crippen molar-refractivity contribution in [2.45, 2.75) is 19.5 Å². The van der Waals surface area contributed by atoms with E-state index in [9.17, 15) is 9.59 Å². The Morgan fingerprint density at radius 3 is 2.54 bits per heavy atom. The number of fused-ring (bicyclic) bond motifs is 1. The average molecular weight is 375 g/mol. The van der Waals surface area contributed by atoms with Crippen LogP contribution in [0.3, 0.4) is 0 Å². The molecule has 1 aliphatic rings. The van der Waals surface area contributed by atoms with Gasteiger partial charge in [0.1, 0.15) is 0 Å². The van der Waals surface area contributed by atoms with Gasteiger partial charge in [-0.15, -0.1) is 0 Å². The van der Waals surface area contributed by atoms with Gasteiger partial charge in [0.15, 0.2) is 6.61 Å². The largest absolute Gasteiger partial charge is 0.452 e. The van der Waals surface area contributed by atoms with E-state index >= 15 is 0 Å². The Bertz CT molecular complexity index is 965. The monoisotopic (exact) mass is 375 g/mol. The summed E-state index contributed by atoms with van der Waals surface area (Å²) in [4.78, 5) is 26.4. The first-order valence-corrected chi connectivity index (χ1v) is 9.27. The summed E-state index contributed by atoms with van der Waals surface area (Å²) >= 11 is 0. The molecule has 1 aromatic heterocycles. The van der Waals surface area contributed by atoms with E-state index in [1.165, 1.54) is 5.56 Å². The Labute approximate surface area is 163 Å². The lowest BCUT2D eigenvalue weighted by molar-refractivity contribution is -0.135. The summed E-state index contributed by atoms with van der Waals surface area (Å²) in [6, 6.07) is 17.1. The molecule has 3 aromatic rings. The van der Waals surface area contributed by atoms with Crippen molar-refractivity contribution in [2.75, 3.05) is 13.2 Å². The molecule has 2 heterocycles. The number of aromatic nitrogens is 2. The molecule has 0 saturated carbocycles. The van der Waals surface area contributed by atoms with Crippen LogP contribution in [0.1, 0.15) is 27.0 Å². The van der Waals surface area contributed by atoms with Crippen molar-refractivity contribution in [3.8, 4) is 0 Å². The van der Waals surface area contributed by atoms with Crippen LogP contribution in [0, 0.1) is 0 Å². The number of amides is 1. The van der Waals surface area contributed by atoms with E-state index in [-0.39, 0.29) is 12.5 Å². The van der Waals surface area contributed by atoms with E-state index in [2.05, 4.69) is 11.2 Å². The molecule has 0 bridgehead atoms. The van der Waals surface area contributed by atoms with Crippen molar-refractivity contribution in [2.24, 2.45) is 0 Å². The fourth-order valence-corrected chi connectivity index (χ4v) is 3.34. The molecule has 1 aliphatic heterocycles. The van der Waals surface area contributed by atoms with Crippen LogP contribution in [-0.4, -0.2) is 39.7 Å². The van der Waals surface area contributed by atoms with Gasteiger partial charge in [0.2, 0.25) is 0 Å². The average Bonchev–Trinajstić information content (AvgIpc) is 3.25. The van der Waals surface area contributed by atoms with Gasteiger partial charge >= 0.3 is 5.97 Å². The van der Waals surface area contributed by atoms with Crippen LogP contribution >= 0.6 is 0 Å². The smallest absolute Gasteiger partial charge is 0.338 e. The van der Waals surface area contributed by atoms with Gasteiger partial charge in [-0.25, -0.2) is 4.79 Å². The van der Waals surface area contributed by atoms with Crippen LogP contribution in [0.25, 0.3) is 0 Å². The van der Waals surface area contributed by atoms with Gasteiger partial charge in [-0.3, -0.25) is 9.48 Å². The van der Waals surface area contributed by atoms with E-state index in [4.69, 9.17) is 4.74 Å². The second-order valence-electron chi connectivity index (χ2n) is 6.81. The van der Waals surface area contributed by atoms with Gasteiger partial charge in [-0.05, 0) is 41.3 Å². The van der Waals surface area contributed by atoms with E-state index in [1.54, 1.807) is 23.2 Å². The van der Waals surface area contributed by atoms with Crippen molar-refractivity contribution < 1.29 is 14.3 Å². The lowest BCUT2D eigenvalue weighted by Gasteiger charge is -2.28. The molecule has 0 radical (unpaired) electrons. The van der Waals surface area contributed by atoms with E-state index in [0.29, 0.717) is 25.2 Å². The van der Waals surface area contributed by atoms with Crippen molar-refractivity contribution in [1.82, 2.24) is 14.7 Å². The third kappa shape index (κ3) is 4.11. The van der Waals surface area contributed by atoms with Crippen LogP contribution in [0.15, 0.2) is 67.0 Å². The van der Waals surface area contributed by atoms with Gasteiger partial charge in [0.05, 0.1) is 12.1 Å². The highest BCUT2D eigenvalue weighted by molar-refractivity contribution is 5.91. The zero-order valence-corrected chi connectivity index (χ0v) is 15.5. The van der Waals surface area contributed by atoms with Gasteiger partial charge in [0, 0.05) is 25.5 Å². The van der Waals surface area contributed by atoms with Crippen LogP contribution < -0.4 is 0 Å². The summed E-state index contributed by atoms with van der Waals surface area (Å²) in [5.74, 6) is -0.658. The van der Waals surface area contributed by atoms with Gasteiger partial charge < -0.3 is 9.64 Å². The van der Waals surface area contributed by atoms with Crippen molar-refractivity contribution >= 4 is 11.9 Å². The fourth-order valence-electron chi connectivity index (χ4n) is 3.34.